The number of rotatable bonds is 4. The van der Waals surface area contributed by atoms with Gasteiger partial charge in [-0.15, -0.1) is 0 Å². The maximum atomic E-state index is 12.8. The molecule has 0 bridgehead atoms. The normalized spacial score (nSPS) is 10.2. The average Bonchev–Trinajstić information content (AvgIpc) is 2.35. The van der Waals surface area contributed by atoms with Crippen molar-refractivity contribution in [1.29, 1.82) is 0 Å². The molecular weight excluding hydrogens is 216 g/mol. The van der Waals surface area contributed by atoms with Crippen LogP contribution in [0.5, 0.6) is 11.5 Å². The highest BCUT2D eigenvalue weighted by Crippen LogP contribution is 2.25. The second-order valence-electron chi connectivity index (χ2n) is 3.69. The van der Waals surface area contributed by atoms with Gasteiger partial charge >= 0.3 is 0 Å². The molecular formula is C14H14FNO. The van der Waals surface area contributed by atoms with Crippen LogP contribution >= 0.6 is 0 Å². The van der Waals surface area contributed by atoms with Crippen LogP contribution in [0.3, 0.4) is 0 Å². The molecule has 0 heterocycles. The molecule has 2 aromatic rings. The number of para-hydroxylation sites is 1. The molecule has 0 atom stereocenters. The summed E-state index contributed by atoms with van der Waals surface area (Å²) < 4.78 is 18.5. The van der Waals surface area contributed by atoms with Gasteiger partial charge in [0.05, 0.1) is 0 Å². The first-order chi connectivity index (χ1) is 8.29. The molecule has 17 heavy (non-hydrogen) atoms. The van der Waals surface area contributed by atoms with Crippen LogP contribution in [0.15, 0.2) is 48.5 Å². The monoisotopic (exact) mass is 230 g/mol. The SMILES string of the molecule is CNCc1ccccc1Oc1ccc([18F])cc1. The molecule has 0 aromatic heterocycles. The number of hydrogen-bond acceptors (Lipinski definition) is 2. The maximum absolute atomic E-state index is 12.8. The van der Waals surface area contributed by atoms with E-state index in [2.05, 4.69) is 5.32 Å². The Hall–Kier alpha value is -1.87. The topological polar surface area (TPSA) is 21.3 Å². The number of benzene rings is 2. The average molecular weight is 230 g/mol. The Morgan fingerprint density at radius 2 is 1.76 bits per heavy atom. The molecule has 3 heteroatoms. The quantitative estimate of drug-likeness (QED) is 0.869. The van der Waals surface area contributed by atoms with Crippen LogP contribution < -0.4 is 10.1 Å². The lowest BCUT2D eigenvalue weighted by atomic mass is 10.2. The fourth-order valence-electron chi connectivity index (χ4n) is 1.57. The van der Waals surface area contributed by atoms with E-state index >= 15 is 0 Å². The van der Waals surface area contributed by atoms with E-state index < -0.39 is 0 Å². The molecule has 0 saturated carbocycles. The summed E-state index contributed by atoms with van der Waals surface area (Å²) in [4.78, 5) is 0. The highest BCUT2D eigenvalue weighted by atomic mass is 18.2. The minimum Gasteiger partial charge on any atom is -0.457 e. The largest absolute Gasteiger partial charge is 0.457 e. The molecule has 0 aliphatic heterocycles. The lowest BCUT2D eigenvalue weighted by Gasteiger charge is -2.10. The molecule has 1 N–H and O–H groups in total. The number of hydrogen-bond donors (Lipinski definition) is 1. The second-order valence-corrected chi connectivity index (χ2v) is 3.69. The highest BCUT2D eigenvalue weighted by molar-refractivity contribution is 5.37. The summed E-state index contributed by atoms with van der Waals surface area (Å²) in [6.07, 6.45) is 0. The summed E-state index contributed by atoms with van der Waals surface area (Å²) in [6, 6.07) is 13.8. The van der Waals surface area contributed by atoms with Crippen LogP contribution in [-0.2, 0) is 6.54 Å². The van der Waals surface area contributed by atoms with Crippen molar-refractivity contribution in [2.24, 2.45) is 0 Å². The molecule has 88 valence electrons. The van der Waals surface area contributed by atoms with E-state index in [1.54, 1.807) is 12.1 Å². The van der Waals surface area contributed by atoms with Crippen molar-refractivity contribution in [3.05, 3.63) is 59.9 Å². The van der Waals surface area contributed by atoms with E-state index in [4.69, 9.17) is 4.74 Å². The van der Waals surface area contributed by atoms with Gasteiger partial charge in [-0.05, 0) is 37.4 Å². The van der Waals surface area contributed by atoms with E-state index in [1.165, 1.54) is 12.1 Å². The third-order valence-corrected chi connectivity index (χ3v) is 2.38. The molecule has 0 spiro atoms. The Morgan fingerprint density at radius 3 is 2.47 bits per heavy atom. The molecule has 0 radical (unpaired) electrons. The van der Waals surface area contributed by atoms with Gasteiger partial charge in [0.15, 0.2) is 0 Å². The standard InChI is InChI=1S/C14H14FNO/c1-16-10-11-4-2-3-5-14(11)17-13-8-6-12(15)7-9-13/h2-9,16H,10H2,1H3/i15-1. The van der Waals surface area contributed by atoms with Crippen LogP contribution in [0.25, 0.3) is 0 Å². The number of halogens is 1. The Morgan fingerprint density at radius 1 is 1.06 bits per heavy atom. The molecule has 0 unspecified atom stereocenters. The number of nitrogens with one attached hydrogen (secondary N) is 1. The van der Waals surface area contributed by atoms with Crippen molar-refractivity contribution in [3.8, 4) is 11.5 Å². The van der Waals surface area contributed by atoms with E-state index in [1.807, 2.05) is 31.3 Å². The summed E-state index contributed by atoms with van der Waals surface area (Å²) in [5.41, 5.74) is 1.07. The first kappa shape index (κ1) is 11.6. The van der Waals surface area contributed by atoms with Gasteiger partial charge in [0, 0.05) is 12.1 Å². The van der Waals surface area contributed by atoms with Gasteiger partial charge in [0.2, 0.25) is 0 Å². The first-order valence-electron chi connectivity index (χ1n) is 5.45. The van der Waals surface area contributed by atoms with Crippen molar-refractivity contribution in [3.63, 3.8) is 0 Å². The van der Waals surface area contributed by atoms with Gasteiger partial charge in [-0.3, -0.25) is 0 Å². The molecule has 0 amide bonds. The van der Waals surface area contributed by atoms with Gasteiger partial charge in [0.1, 0.15) is 17.3 Å². The smallest absolute Gasteiger partial charge is 0.131 e. The minimum absolute atomic E-state index is 0.263. The molecule has 2 rings (SSSR count). The minimum atomic E-state index is -0.263. The predicted molar refractivity (Wildman–Crippen MR) is 65.7 cm³/mol. The summed E-state index contributed by atoms with van der Waals surface area (Å²) in [5, 5.41) is 3.08. The third kappa shape index (κ3) is 3.04. The van der Waals surface area contributed by atoms with Gasteiger partial charge in [-0.2, -0.15) is 0 Å². The fourth-order valence-corrected chi connectivity index (χ4v) is 1.57. The Bertz CT molecular complexity index is 482. The van der Waals surface area contributed by atoms with Gasteiger partial charge < -0.3 is 10.1 Å². The van der Waals surface area contributed by atoms with Crippen LogP contribution in [0.4, 0.5) is 4.39 Å². The van der Waals surface area contributed by atoms with Crippen molar-refractivity contribution in [2.45, 2.75) is 6.54 Å². The first-order valence-corrected chi connectivity index (χ1v) is 5.45. The molecule has 2 aromatic carbocycles. The Balaban J connectivity index is 2.20. The Labute approximate surface area is 100 Å². The van der Waals surface area contributed by atoms with Crippen LogP contribution in [0.1, 0.15) is 5.56 Å². The maximum Gasteiger partial charge on any atom is 0.131 e. The third-order valence-electron chi connectivity index (χ3n) is 2.38. The zero-order chi connectivity index (χ0) is 12.1. The van der Waals surface area contributed by atoms with Crippen LogP contribution in [0, 0.1) is 5.82 Å². The van der Waals surface area contributed by atoms with Crippen LogP contribution in [0.2, 0.25) is 0 Å². The van der Waals surface area contributed by atoms with E-state index in [0.717, 1.165) is 17.9 Å². The Kier molecular flexibility index (Phi) is 3.73. The summed E-state index contributed by atoms with van der Waals surface area (Å²) >= 11 is 0. The van der Waals surface area contributed by atoms with Gasteiger partial charge in [-0.1, -0.05) is 18.2 Å². The van der Waals surface area contributed by atoms with Crippen molar-refractivity contribution < 1.29 is 9.13 Å². The van der Waals surface area contributed by atoms with E-state index in [0.29, 0.717) is 5.75 Å². The lowest BCUT2D eigenvalue weighted by molar-refractivity contribution is 0.472. The van der Waals surface area contributed by atoms with Crippen LogP contribution in [-0.4, -0.2) is 7.05 Å². The van der Waals surface area contributed by atoms with Gasteiger partial charge in [0.25, 0.3) is 0 Å². The lowest BCUT2D eigenvalue weighted by Crippen LogP contribution is -2.06. The van der Waals surface area contributed by atoms with E-state index in [9.17, 15) is 4.39 Å². The summed E-state index contributed by atoms with van der Waals surface area (Å²) in [6.45, 7) is 0.734. The summed E-state index contributed by atoms with van der Waals surface area (Å²) in [5.74, 6) is 1.16. The van der Waals surface area contributed by atoms with Crippen molar-refractivity contribution >= 4 is 0 Å². The predicted octanol–water partition coefficient (Wildman–Crippen LogP) is 3.34. The zero-order valence-electron chi connectivity index (χ0n) is 9.61. The fraction of sp³-hybridized carbons (Fsp3) is 0.143. The molecule has 0 aliphatic rings. The second kappa shape index (κ2) is 5.46. The molecule has 0 saturated heterocycles. The highest BCUT2D eigenvalue weighted by Gasteiger charge is 2.03. The number of ether oxygens (including phenoxy) is 1. The molecule has 0 fully saturated rings. The zero-order valence-corrected chi connectivity index (χ0v) is 9.61. The molecule has 2 nitrogen and oxygen atoms in total. The van der Waals surface area contributed by atoms with Gasteiger partial charge in [-0.25, -0.2) is 4.39 Å². The van der Waals surface area contributed by atoms with Crippen molar-refractivity contribution in [2.75, 3.05) is 7.05 Å². The molecule has 0 aliphatic carbocycles. The summed E-state index contributed by atoms with van der Waals surface area (Å²) in [7, 11) is 1.88. The van der Waals surface area contributed by atoms with E-state index in [-0.39, 0.29) is 5.82 Å². The van der Waals surface area contributed by atoms with Crippen molar-refractivity contribution in [1.82, 2.24) is 5.32 Å².